The van der Waals surface area contributed by atoms with Crippen molar-refractivity contribution in [3.63, 3.8) is 0 Å². The summed E-state index contributed by atoms with van der Waals surface area (Å²) in [4.78, 5) is 2.33. The van der Waals surface area contributed by atoms with Crippen molar-refractivity contribution in [1.82, 2.24) is 4.90 Å². The number of nitrogens with zero attached hydrogens (tertiary/aromatic N) is 1. The molecule has 16 heavy (non-hydrogen) atoms. The van der Waals surface area contributed by atoms with Gasteiger partial charge in [-0.05, 0) is 12.8 Å². The quantitative estimate of drug-likeness (QED) is 0.601. The van der Waals surface area contributed by atoms with Crippen molar-refractivity contribution in [2.45, 2.75) is 38.1 Å². The van der Waals surface area contributed by atoms with Crippen molar-refractivity contribution in [1.29, 1.82) is 0 Å². The van der Waals surface area contributed by atoms with Gasteiger partial charge in [0.1, 0.15) is 0 Å². The normalized spacial score (nSPS) is 18.2. The third kappa shape index (κ3) is 5.25. The molecule has 0 aromatic heterocycles. The topological polar surface area (TPSA) is 52.9 Å². The van der Waals surface area contributed by atoms with E-state index in [1.54, 1.807) is 0 Å². The van der Waals surface area contributed by atoms with Crippen molar-refractivity contribution in [2.75, 3.05) is 39.5 Å². The van der Waals surface area contributed by atoms with Gasteiger partial charge in [0.05, 0.1) is 26.4 Å². The molecule has 96 valence electrons. The van der Waals surface area contributed by atoms with Crippen molar-refractivity contribution < 1.29 is 14.9 Å². The van der Waals surface area contributed by atoms with Crippen molar-refractivity contribution in [3.8, 4) is 0 Å². The zero-order valence-corrected chi connectivity index (χ0v) is 10.1. The van der Waals surface area contributed by atoms with Crippen LogP contribution in [0.1, 0.15) is 32.1 Å². The van der Waals surface area contributed by atoms with Gasteiger partial charge in [-0.2, -0.15) is 0 Å². The molecule has 0 saturated heterocycles. The van der Waals surface area contributed by atoms with E-state index in [1.165, 1.54) is 32.1 Å². The second-order valence-electron chi connectivity index (χ2n) is 4.39. The predicted molar refractivity (Wildman–Crippen MR) is 63.4 cm³/mol. The average molecular weight is 231 g/mol. The third-order valence-corrected chi connectivity index (χ3v) is 3.24. The number of hydrogen-bond acceptors (Lipinski definition) is 4. The second kappa shape index (κ2) is 8.93. The van der Waals surface area contributed by atoms with E-state index in [4.69, 9.17) is 14.9 Å². The van der Waals surface area contributed by atoms with Crippen molar-refractivity contribution in [3.05, 3.63) is 0 Å². The van der Waals surface area contributed by atoms with Gasteiger partial charge in [-0.25, -0.2) is 0 Å². The van der Waals surface area contributed by atoms with E-state index in [0.717, 1.165) is 13.1 Å². The summed E-state index contributed by atoms with van der Waals surface area (Å²) >= 11 is 0. The molecule has 4 heteroatoms. The molecule has 0 heterocycles. The molecule has 1 saturated carbocycles. The average Bonchev–Trinajstić information content (AvgIpc) is 2.34. The van der Waals surface area contributed by atoms with E-state index < -0.39 is 0 Å². The van der Waals surface area contributed by atoms with Gasteiger partial charge in [-0.3, -0.25) is 4.90 Å². The highest BCUT2D eigenvalue weighted by Crippen LogP contribution is 2.22. The standard InChI is InChI=1S/C12H25NO3/c14-8-6-13(7-10-16-11-9-15)12-4-2-1-3-5-12/h12,14-15H,1-11H2. The number of aliphatic hydroxyl groups is 2. The smallest absolute Gasteiger partial charge is 0.0698 e. The van der Waals surface area contributed by atoms with Gasteiger partial charge in [0.15, 0.2) is 0 Å². The first-order valence-corrected chi connectivity index (χ1v) is 6.42. The number of ether oxygens (including phenoxy) is 1. The molecule has 2 N–H and O–H groups in total. The minimum atomic E-state index is 0.0867. The molecule has 0 bridgehead atoms. The Morgan fingerprint density at radius 3 is 2.31 bits per heavy atom. The van der Waals surface area contributed by atoms with Crippen molar-refractivity contribution >= 4 is 0 Å². The lowest BCUT2D eigenvalue weighted by Crippen LogP contribution is -2.40. The van der Waals surface area contributed by atoms with Crippen LogP contribution in [0.4, 0.5) is 0 Å². The van der Waals surface area contributed by atoms with Gasteiger partial charge in [0, 0.05) is 19.1 Å². The van der Waals surface area contributed by atoms with Crippen LogP contribution >= 0.6 is 0 Å². The fourth-order valence-corrected chi connectivity index (χ4v) is 2.40. The summed E-state index contributed by atoms with van der Waals surface area (Å²) in [7, 11) is 0. The Morgan fingerprint density at radius 2 is 1.69 bits per heavy atom. The SMILES string of the molecule is OCCOCCN(CCO)C1CCCCC1. The van der Waals surface area contributed by atoms with Crippen LogP contribution in [0.25, 0.3) is 0 Å². The molecule has 0 spiro atoms. The molecule has 0 unspecified atom stereocenters. The Balaban J connectivity index is 2.22. The molecule has 1 rings (SSSR count). The summed E-state index contributed by atoms with van der Waals surface area (Å²) in [5.41, 5.74) is 0. The summed E-state index contributed by atoms with van der Waals surface area (Å²) in [6.07, 6.45) is 6.47. The Labute approximate surface area is 98.2 Å². The first-order chi connectivity index (χ1) is 7.88. The van der Waals surface area contributed by atoms with Crippen LogP contribution in [-0.2, 0) is 4.74 Å². The molecular weight excluding hydrogens is 206 g/mol. The van der Waals surface area contributed by atoms with Crippen LogP contribution in [0.5, 0.6) is 0 Å². The monoisotopic (exact) mass is 231 g/mol. The molecule has 0 aromatic rings. The van der Waals surface area contributed by atoms with E-state index in [2.05, 4.69) is 4.90 Å². The predicted octanol–water partition coefficient (Wildman–Crippen LogP) is 0.622. The van der Waals surface area contributed by atoms with E-state index in [9.17, 15) is 0 Å². The Kier molecular flexibility index (Phi) is 7.76. The highest BCUT2D eigenvalue weighted by molar-refractivity contribution is 4.75. The van der Waals surface area contributed by atoms with Gasteiger partial charge < -0.3 is 14.9 Å². The highest BCUT2D eigenvalue weighted by atomic mass is 16.5. The molecule has 0 atom stereocenters. The van der Waals surface area contributed by atoms with Gasteiger partial charge in [0.25, 0.3) is 0 Å². The number of rotatable bonds is 8. The summed E-state index contributed by atoms with van der Waals surface area (Å²) in [6.45, 7) is 2.98. The van der Waals surface area contributed by atoms with Crippen LogP contribution in [0.2, 0.25) is 0 Å². The molecule has 0 amide bonds. The minimum absolute atomic E-state index is 0.0867. The fourth-order valence-electron chi connectivity index (χ4n) is 2.40. The Bertz CT molecular complexity index is 160. The third-order valence-electron chi connectivity index (χ3n) is 3.24. The van der Waals surface area contributed by atoms with Gasteiger partial charge in [0.2, 0.25) is 0 Å². The molecule has 0 aliphatic heterocycles. The van der Waals surface area contributed by atoms with Crippen molar-refractivity contribution in [2.24, 2.45) is 0 Å². The molecule has 1 aliphatic carbocycles. The zero-order chi connectivity index (χ0) is 11.6. The molecule has 0 radical (unpaired) electrons. The molecule has 4 nitrogen and oxygen atoms in total. The summed E-state index contributed by atoms with van der Waals surface area (Å²) in [5.74, 6) is 0. The second-order valence-corrected chi connectivity index (χ2v) is 4.39. The van der Waals surface area contributed by atoms with E-state index in [1.807, 2.05) is 0 Å². The van der Waals surface area contributed by atoms with Crippen LogP contribution in [0.3, 0.4) is 0 Å². The fraction of sp³-hybridized carbons (Fsp3) is 1.00. The van der Waals surface area contributed by atoms with E-state index in [-0.39, 0.29) is 13.2 Å². The lowest BCUT2D eigenvalue weighted by molar-refractivity contribution is 0.0498. The Morgan fingerprint density at radius 1 is 0.938 bits per heavy atom. The maximum absolute atomic E-state index is 9.05. The number of aliphatic hydroxyl groups excluding tert-OH is 2. The first-order valence-electron chi connectivity index (χ1n) is 6.42. The lowest BCUT2D eigenvalue weighted by Gasteiger charge is -2.33. The highest BCUT2D eigenvalue weighted by Gasteiger charge is 2.20. The zero-order valence-electron chi connectivity index (χ0n) is 10.1. The Hall–Kier alpha value is -0.160. The van der Waals surface area contributed by atoms with Crippen LogP contribution < -0.4 is 0 Å². The number of hydrogen-bond donors (Lipinski definition) is 2. The van der Waals surface area contributed by atoms with Crippen LogP contribution in [0.15, 0.2) is 0 Å². The van der Waals surface area contributed by atoms with Gasteiger partial charge in [-0.1, -0.05) is 19.3 Å². The van der Waals surface area contributed by atoms with Gasteiger partial charge in [-0.15, -0.1) is 0 Å². The molecule has 0 aromatic carbocycles. The first kappa shape index (κ1) is 13.9. The summed E-state index contributed by atoms with van der Waals surface area (Å²) < 4.78 is 5.28. The van der Waals surface area contributed by atoms with E-state index in [0.29, 0.717) is 19.3 Å². The summed E-state index contributed by atoms with van der Waals surface area (Å²) in [5, 5.41) is 17.7. The maximum Gasteiger partial charge on any atom is 0.0698 e. The van der Waals surface area contributed by atoms with E-state index >= 15 is 0 Å². The lowest BCUT2D eigenvalue weighted by atomic mass is 9.94. The maximum atomic E-state index is 9.05. The largest absolute Gasteiger partial charge is 0.395 e. The minimum Gasteiger partial charge on any atom is -0.395 e. The molecule has 1 aliphatic rings. The molecule has 1 fully saturated rings. The van der Waals surface area contributed by atoms with Crippen LogP contribution in [-0.4, -0.2) is 60.7 Å². The molecular formula is C12H25NO3. The van der Waals surface area contributed by atoms with Crippen LogP contribution in [0, 0.1) is 0 Å². The van der Waals surface area contributed by atoms with Gasteiger partial charge >= 0.3 is 0 Å². The summed E-state index contributed by atoms with van der Waals surface area (Å²) in [6, 6.07) is 0.624.